The van der Waals surface area contributed by atoms with Crippen molar-refractivity contribution < 1.29 is 10.2 Å². The van der Waals surface area contributed by atoms with Gasteiger partial charge in [0, 0.05) is 13.1 Å². The van der Waals surface area contributed by atoms with E-state index >= 15 is 0 Å². The number of likely N-dealkylation sites (tertiary alicyclic amines) is 1. The maximum Gasteiger partial charge on any atom is 0.157 e. The van der Waals surface area contributed by atoms with Crippen molar-refractivity contribution in [2.75, 3.05) is 19.6 Å². The van der Waals surface area contributed by atoms with E-state index in [0.717, 1.165) is 38.0 Å². The van der Waals surface area contributed by atoms with Gasteiger partial charge in [-0.2, -0.15) is 0 Å². The van der Waals surface area contributed by atoms with Gasteiger partial charge < -0.3 is 15.1 Å². The average molecular weight is 297 g/mol. The summed E-state index contributed by atoms with van der Waals surface area (Å²) in [7, 11) is 0. The Hall–Kier alpha value is -2.00. The summed E-state index contributed by atoms with van der Waals surface area (Å²) in [5.41, 5.74) is 2.51. The van der Waals surface area contributed by atoms with Crippen molar-refractivity contribution in [3.63, 3.8) is 0 Å². The molecule has 0 bridgehead atoms. The average Bonchev–Trinajstić information content (AvgIpc) is 2.57. The molecule has 3 heteroatoms. The van der Waals surface area contributed by atoms with Crippen LogP contribution in [0.2, 0.25) is 0 Å². The highest BCUT2D eigenvalue weighted by atomic mass is 16.3. The second kappa shape index (κ2) is 6.84. The third kappa shape index (κ3) is 3.60. The fraction of sp³-hybridized carbons (Fsp3) is 0.368. The molecule has 0 spiro atoms. The van der Waals surface area contributed by atoms with Crippen LogP contribution in [0, 0.1) is 0 Å². The first-order valence-corrected chi connectivity index (χ1v) is 8.00. The number of rotatable bonds is 4. The van der Waals surface area contributed by atoms with Crippen molar-refractivity contribution in [2.45, 2.75) is 25.2 Å². The highest BCUT2D eigenvalue weighted by molar-refractivity contribution is 5.41. The minimum atomic E-state index is -0.0412. The van der Waals surface area contributed by atoms with Gasteiger partial charge in [-0.1, -0.05) is 36.4 Å². The normalized spacial score (nSPS) is 19.2. The first-order valence-electron chi connectivity index (χ1n) is 8.00. The zero-order chi connectivity index (χ0) is 15.4. The van der Waals surface area contributed by atoms with Crippen LogP contribution >= 0.6 is 0 Å². The summed E-state index contributed by atoms with van der Waals surface area (Å²) in [6.45, 7) is 3.25. The Kier molecular flexibility index (Phi) is 4.64. The molecule has 1 unspecified atom stereocenters. The fourth-order valence-electron chi connectivity index (χ4n) is 3.26. The second-order valence-electron chi connectivity index (χ2n) is 6.12. The minimum absolute atomic E-state index is 0.0149. The predicted molar refractivity (Wildman–Crippen MR) is 88.3 cm³/mol. The third-order valence-corrected chi connectivity index (χ3v) is 4.54. The molecule has 0 aliphatic carbocycles. The smallest absolute Gasteiger partial charge is 0.157 e. The molecule has 0 aromatic heterocycles. The Morgan fingerprint density at radius 2 is 1.82 bits per heavy atom. The maximum atomic E-state index is 9.69. The van der Waals surface area contributed by atoms with E-state index in [-0.39, 0.29) is 11.5 Å². The minimum Gasteiger partial charge on any atom is -0.504 e. The lowest BCUT2D eigenvalue weighted by molar-refractivity contribution is 0.210. The predicted octanol–water partition coefficient (Wildman–Crippen LogP) is 3.52. The number of phenols is 2. The van der Waals surface area contributed by atoms with Gasteiger partial charge in [0.15, 0.2) is 11.5 Å². The molecule has 0 saturated carbocycles. The van der Waals surface area contributed by atoms with E-state index in [1.807, 2.05) is 6.07 Å². The zero-order valence-corrected chi connectivity index (χ0v) is 12.8. The number of aromatic hydroxyl groups is 2. The molecule has 2 N–H and O–H groups in total. The van der Waals surface area contributed by atoms with Crippen molar-refractivity contribution in [3.8, 4) is 11.5 Å². The number of nitrogens with zero attached hydrogens (tertiary/aromatic N) is 1. The molecule has 1 saturated heterocycles. The number of hydrogen-bond acceptors (Lipinski definition) is 3. The molecule has 2 aromatic rings. The van der Waals surface area contributed by atoms with Gasteiger partial charge in [-0.3, -0.25) is 0 Å². The molecule has 1 aliphatic heterocycles. The summed E-state index contributed by atoms with van der Waals surface area (Å²) in [4.78, 5) is 2.51. The van der Waals surface area contributed by atoms with Gasteiger partial charge in [-0.05, 0) is 55.0 Å². The molecule has 1 heterocycles. The van der Waals surface area contributed by atoms with Gasteiger partial charge in [0.25, 0.3) is 0 Å². The highest BCUT2D eigenvalue weighted by Gasteiger charge is 2.21. The van der Waals surface area contributed by atoms with Gasteiger partial charge in [0.05, 0.1) is 0 Å². The summed E-state index contributed by atoms with van der Waals surface area (Å²) >= 11 is 0. The van der Waals surface area contributed by atoms with Gasteiger partial charge in [-0.25, -0.2) is 0 Å². The standard InChI is InChI=1S/C19H23NO2/c21-18-9-8-16(13-19(18)22)17-7-4-11-20(14-17)12-10-15-5-2-1-3-6-15/h1-3,5-6,8-9,13,17,21-22H,4,7,10-12,14H2. The topological polar surface area (TPSA) is 43.7 Å². The molecular formula is C19H23NO2. The van der Waals surface area contributed by atoms with Crippen LogP contribution in [0.3, 0.4) is 0 Å². The summed E-state index contributed by atoms with van der Waals surface area (Å²) in [6, 6.07) is 15.8. The molecule has 3 rings (SSSR count). The van der Waals surface area contributed by atoms with Crippen LogP contribution in [0.5, 0.6) is 11.5 Å². The van der Waals surface area contributed by atoms with Crippen LogP contribution in [0.1, 0.15) is 29.9 Å². The van der Waals surface area contributed by atoms with Crippen LogP contribution in [0.4, 0.5) is 0 Å². The number of phenolic OH excluding ortho intramolecular Hbond substituents is 2. The van der Waals surface area contributed by atoms with E-state index in [9.17, 15) is 10.2 Å². The Bertz CT molecular complexity index is 612. The van der Waals surface area contributed by atoms with Crippen LogP contribution in [0.25, 0.3) is 0 Å². The molecular weight excluding hydrogens is 274 g/mol. The summed E-state index contributed by atoms with van der Waals surface area (Å²) in [5, 5.41) is 19.1. The molecule has 116 valence electrons. The molecule has 1 atom stereocenters. The molecule has 3 nitrogen and oxygen atoms in total. The Balaban J connectivity index is 1.60. The Morgan fingerprint density at radius 3 is 2.59 bits per heavy atom. The lowest BCUT2D eigenvalue weighted by Crippen LogP contribution is -2.35. The lowest BCUT2D eigenvalue weighted by Gasteiger charge is -2.33. The van der Waals surface area contributed by atoms with Crippen molar-refractivity contribution >= 4 is 0 Å². The van der Waals surface area contributed by atoms with E-state index in [1.54, 1.807) is 12.1 Å². The number of hydrogen-bond donors (Lipinski definition) is 2. The van der Waals surface area contributed by atoms with Crippen molar-refractivity contribution in [2.24, 2.45) is 0 Å². The second-order valence-corrected chi connectivity index (χ2v) is 6.12. The maximum absolute atomic E-state index is 9.69. The van der Waals surface area contributed by atoms with E-state index in [2.05, 4.69) is 35.2 Å². The van der Waals surface area contributed by atoms with Crippen LogP contribution < -0.4 is 0 Å². The number of benzene rings is 2. The van der Waals surface area contributed by atoms with Crippen LogP contribution in [-0.2, 0) is 6.42 Å². The molecule has 0 radical (unpaired) electrons. The summed E-state index contributed by atoms with van der Waals surface area (Å²) in [5.74, 6) is 0.385. The Morgan fingerprint density at radius 1 is 1.00 bits per heavy atom. The van der Waals surface area contributed by atoms with E-state index in [0.29, 0.717) is 5.92 Å². The van der Waals surface area contributed by atoms with Crippen molar-refractivity contribution in [1.82, 2.24) is 4.90 Å². The van der Waals surface area contributed by atoms with Gasteiger partial charge in [-0.15, -0.1) is 0 Å². The first-order chi connectivity index (χ1) is 10.7. The largest absolute Gasteiger partial charge is 0.504 e. The van der Waals surface area contributed by atoms with E-state index in [4.69, 9.17) is 0 Å². The fourth-order valence-corrected chi connectivity index (χ4v) is 3.26. The van der Waals surface area contributed by atoms with Gasteiger partial charge in [0.2, 0.25) is 0 Å². The monoisotopic (exact) mass is 297 g/mol. The zero-order valence-electron chi connectivity index (χ0n) is 12.8. The molecule has 1 aliphatic rings. The number of piperidine rings is 1. The molecule has 0 amide bonds. The SMILES string of the molecule is Oc1ccc(C2CCCN(CCc3ccccc3)C2)cc1O. The van der Waals surface area contributed by atoms with Gasteiger partial charge in [0.1, 0.15) is 0 Å². The summed E-state index contributed by atoms with van der Waals surface area (Å²) in [6.07, 6.45) is 3.40. The van der Waals surface area contributed by atoms with Crippen LogP contribution in [0.15, 0.2) is 48.5 Å². The van der Waals surface area contributed by atoms with E-state index < -0.39 is 0 Å². The highest BCUT2D eigenvalue weighted by Crippen LogP contribution is 2.32. The van der Waals surface area contributed by atoms with Crippen molar-refractivity contribution in [3.05, 3.63) is 59.7 Å². The quantitative estimate of drug-likeness (QED) is 0.849. The molecule has 2 aromatic carbocycles. The third-order valence-electron chi connectivity index (χ3n) is 4.54. The lowest BCUT2D eigenvalue weighted by atomic mass is 9.90. The molecule has 1 fully saturated rings. The Labute approximate surface area is 131 Å². The van der Waals surface area contributed by atoms with Gasteiger partial charge >= 0.3 is 0 Å². The van der Waals surface area contributed by atoms with E-state index in [1.165, 1.54) is 12.0 Å². The molecule has 22 heavy (non-hydrogen) atoms. The summed E-state index contributed by atoms with van der Waals surface area (Å²) < 4.78 is 0. The van der Waals surface area contributed by atoms with Crippen LogP contribution in [-0.4, -0.2) is 34.7 Å². The first kappa shape index (κ1) is 14.9. The van der Waals surface area contributed by atoms with Crippen molar-refractivity contribution in [1.29, 1.82) is 0 Å².